The van der Waals surface area contributed by atoms with Crippen LogP contribution in [0.5, 0.6) is 0 Å². The fourth-order valence-electron chi connectivity index (χ4n) is 1.02. The quantitative estimate of drug-likeness (QED) is 0.776. The first-order chi connectivity index (χ1) is 8.50. The zero-order chi connectivity index (χ0) is 14.2. The van der Waals surface area contributed by atoms with Gasteiger partial charge in [0.15, 0.2) is 6.01 Å². The van der Waals surface area contributed by atoms with Crippen molar-refractivity contribution in [1.29, 1.82) is 0 Å². The van der Waals surface area contributed by atoms with Crippen LogP contribution in [0.1, 0.15) is 0 Å². The second-order valence-electron chi connectivity index (χ2n) is 3.09. The van der Waals surface area contributed by atoms with E-state index in [0.29, 0.717) is 17.6 Å². The number of nitrogens with zero attached hydrogens (tertiary/aromatic N) is 2. The first kappa shape index (κ1) is 17.8. The summed E-state index contributed by atoms with van der Waals surface area (Å²) in [5, 5.41) is 0. The molecular weight excluding hydrogens is 322 g/mol. The van der Waals surface area contributed by atoms with Gasteiger partial charge in [-0.15, -0.1) is 0 Å². The molecule has 0 unspecified atom stereocenters. The number of rotatable bonds is 5. The maximum Gasteiger partial charge on any atom is 0.313 e. The van der Waals surface area contributed by atoms with Crippen molar-refractivity contribution in [3.05, 3.63) is 30.3 Å². The van der Waals surface area contributed by atoms with Gasteiger partial charge in [-0.2, -0.15) is 16.4 Å². The molecule has 4 nitrogen and oxygen atoms in total. The molecule has 9 heteroatoms. The normalized spacial score (nSPS) is 10.8. The smallest absolute Gasteiger partial charge is 0.237 e. The van der Waals surface area contributed by atoms with Crippen molar-refractivity contribution in [2.75, 3.05) is 23.8 Å². The van der Waals surface area contributed by atoms with Crippen LogP contribution in [-0.4, -0.2) is 32.8 Å². The minimum Gasteiger partial charge on any atom is -0.237 e. The average molecular weight is 335 g/mol. The van der Waals surface area contributed by atoms with Crippen LogP contribution in [0.3, 0.4) is 0 Å². The molecule has 0 aliphatic heterocycles. The predicted molar refractivity (Wildman–Crippen MR) is 76.8 cm³/mol. The number of halogens is 3. The molecule has 0 atom stereocenters. The minimum atomic E-state index is -3.66. The Hall–Kier alpha value is -0.210. The van der Waals surface area contributed by atoms with Gasteiger partial charge < -0.3 is 0 Å². The van der Waals surface area contributed by atoms with Crippen molar-refractivity contribution in [3.8, 4) is 0 Å². The fraction of sp³-hybridized carbons (Fsp3) is 0.333. The van der Waals surface area contributed by atoms with Crippen LogP contribution in [0, 0.1) is 0 Å². The van der Waals surface area contributed by atoms with E-state index in [1.807, 2.05) is 0 Å². The molecule has 1 rings (SSSR count). The molecule has 0 N–H and O–H groups in total. The van der Waals surface area contributed by atoms with Gasteiger partial charge in [0.2, 0.25) is 0 Å². The summed E-state index contributed by atoms with van der Waals surface area (Å²) in [5.74, 6) is 0. The number of alkyl halides is 1. The molecule has 0 saturated heterocycles. The summed E-state index contributed by atoms with van der Waals surface area (Å²) >= 11 is 0.602. The highest BCUT2D eigenvalue weighted by Crippen LogP contribution is 2.27. The van der Waals surface area contributed by atoms with Crippen molar-refractivity contribution in [2.24, 2.45) is 0 Å². The van der Waals surface area contributed by atoms with Gasteiger partial charge in [0.1, 0.15) is 0 Å². The summed E-state index contributed by atoms with van der Waals surface area (Å²) < 4.78 is 38.1. The van der Waals surface area contributed by atoms with Crippen LogP contribution >= 0.6 is 33.7 Å². The van der Waals surface area contributed by atoms with Gasteiger partial charge in [-0.1, -0.05) is 18.2 Å². The van der Waals surface area contributed by atoms with E-state index in [2.05, 4.69) is 21.7 Å². The third-order valence-electron chi connectivity index (χ3n) is 1.80. The molecule has 0 saturated carbocycles. The molecule has 0 aromatic heterocycles. The molecule has 104 valence electrons. The SMILES string of the molecule is CN(C)S(=O)(=O)N(SCF)c1ccccc1.ClCl. The molecule has 0 heterocycles. The Kier molecular flexibility index (Phi) is 8.71. The Morgan fingerprint density at radius 3 is 2.11 bits per heavy atom. The Balaban J connectivity index is 0.00000137. The molecule has 0 radical (unpaired) electrons. The first-order valence-corrected chi connectivity index (χ1v) is 8.09. The summed E-state index contributed by atoms with van der Waals surface area (Å²) in [7, 11) is 7.37. The first-order valence-electron chi connectivity index (χ1n) is 4.61. The lowest BCUT2D eigenvalue weighted by Gasteiger charge is -2.24. The highest BCUT2D eigenvalue weighted by molar-refractivity contribution is 8.13. The van der Waals surface area contributed by atoms with E-state index >= 15 is 0 Å². The van der Waals surface area contributed by atoms with E-state index in [-0.39, 0.29) is 0 Å². The van der Waals surface area contributed by atoms with Crippen LogP contribution in [0.4, 0.5) is 10.1 Å². The monoisotopic (exact) mass is 334 g/mol. The predicted octanol–water partition coefficient (Wildman–Crippen LogP) is 3.25. The summed E-state index contributed by atoms with van der Waals surface area (Å²) in [5.41, 5.74) is 0.429. The summed E-state index contributed by atoms with van der Waals surface area (Å²) in [6, 6.07) is 7.60. The highest BCUT2D eigenvalue weighted by atomic mass is 36.5. The second kappa shape index (κ2) is 8.82. The molecule has 0 bridgehead atoms. The largest absolute Gasteiger partial charge is 0.313 e. The zero-order valence-electron chi connectivity index (χ0n) is 9.76. The van der Waals surface area contributed by atoms with Gasteiger partial charge in [0.05, 0.1) is 5.69 Å². The van der Waals surface area contributed by atoms with Gasteiger partial charge in [0, 0.05) is 47.8 Å². The van der Waals surface area contributed by atoms with E-state index in [1.165, 1.54) is 14.1 Å². The number of anilines is 1. The molecule has 0 amide bonds. The maximum atomic E-state index is 12.4. The van der Waals surface area contributed by atoms with Crippen LogP contribution in [-0.2, 0) is 10.2 Å². The average Bonchev–Trinajstić information content (AvgIpc) is 2.39. The molecule has 0 spiro atoms. The minimum absolute atomic E-state index is 0.429. The van der Waals surface area contributed by atoms with Gasteiger partial charge in [-0.25, -0.2) is 4.39 Å². The lowest BCUT2D eigenvalue weighted by atomic mass is 10.3. The van der Waals surface area contributed by atoms with Crippen molar-refractivity contribution in [2.45, 2.75) is 0 Å². The fourth-order valence-corrected chi connectivity index (χ4v) is 3.11. The van der Waals surface area contributed by atoms with Gasteiger partial charge in [-0.05, 0) is 12.1 Å². The topological polar surface area (TPSA) is 40.6 Å². The highest BCUT2D eigenvalue weighted by Gasteiger charge is 2.25. The Labute approximate surface area is 121 Å². The number of para-hydroxylation sites is 1. The van der Waals surface area contributed by atoms with E-state index in [0.717, 1.165) is 8.02 Å². The van der Waals surface area contributed by atoms with E-state index in [4.69, 9.17) is 0 Å². The van der Waals surface area contributed by atoms with Gasteiger partial charge in [-0.3, -0.25) is 0 Å². The molecule has 0 aliphatic rings. The molecule has 18 heavy (non-hydrogen) atoms. The second-order valence-corrected chi connectivity index (χ2v) is 6.15. The third kappa shape index (κ3) is 4.81. The van der Waals surface area contributed by atoms with Gasteiger partial charge in [0.25, 0.3) is 0 Å². The lowest BCUT2D eigenvalue weighted by Crippen LogP contribution is -2.35. The van der Waals surface area contributed by atoms with Crippen LogP contribution in [0.25, 0.3) is 0 Å². The van der Waals surface area contributed by atoms with E-state index in [1.54, 1.807) is 30.3 Å². The van der Waals surface area contributed by atoms with Crippen molar-refractivity contribution in [3.63, 3.8) is 0 Å². The number of benzene rings is 1. The molecule has 0 fully saturated rings. The van der Waals surface area contributed by atoms with Crippen molar-refractivity contribution >= 4 is 49.6 Å². The zero-order valence-corrected chi connectivity index (χ0v) is 12.9. The molecule has 0 aliphatic carbocycles. The summed E-state index contributed by atoms with van der Waals surface area (Å²) in [4.78, 5) is 0. The summed E-state index contributed by atoms with van der Waals surface area (Å²) in [6.45, 7) is 0. The van der Waals surface area contributed by atoms with Crippen molar-refractivity contribution < 1.29 is 12.8 Å². The number of hydrogen-bond acceptors (Lipinski definition) is 3. The van der Waals surface area contributed by atoms with E-state index < -0.39 is 16.2 Å². The van der Waals surface area contributed by atoms with E-state index in [9.17, 15) is 12.8 Å². The maximum absolute atomic E-state index is 12.4. The van der Waals surface area contributed by atoms with Crippen molar-refractivity contribution in [1.82, 2.24) is 4.31 Å². The van der Waals surface area contributed by atoms with Crippen LogP contribution in [0.2, 0.25) is 0 Å². The molecule has 1 aromatic carbocycles. The molecular formula is C9H13Cl2FN2O2S2. The Morgan fingerprint density at radius 2 is 1.72 bits per heavy atom. The Bertz CT molecular complexity index is 431. The van der Waals surface area contributed by atoms with Crippen LogP contribution < -0.4 is 3.71 Å². The molecule has 1 aromatic rings. The summed E-state index contributed by atoms with van der Waals surface area (Å²) in [6.07, 6.45) is 0. The standard InChI is InChI=1S/C9H13FN2O2S2.Cl2/c1-11(2)16(13,14)12(15-8-10)9-6-4-3-5-7-9;1-2/h3-7H,8H2,1-2H3;. The lowest BCUT2D eigenvalue weighted by molar-refractivity contribution is 0.523. The number of hydrogen-bond donors (Lipinski definition) is 0. The van der Waals surface area contributed by atoms with Crippen LogP contribution in [0.15, 0.2) is 30.3 Å². The third-order valence-corrected chi connectivity index (χ3v) is 4.78. The Morgan fingerprint density at radius 1 is 1.22 bits per heavy atom. The van der Waals surface area contributed by atoms with Gasteiger partial charge >= 0.3 is 10.2 Å².